The summed E-state index contributed by atoms with van der Waals surface area (Å²) in [7, 11) is 0. The second kappa shape index (κ2) is 35.5. The number of carboxylic acid groups (broad SMARTS) is 1. The van der Waals surface area contributed by atoms with Crippen molar-refractivity contribution in [1.82, 2.24) is 58.5 Å². The summed E-state index contributed by atoms with van der Waals surface area (Å²) in [5.41, 5.74) is 10.7. The van der Waals surface area contributed by atoms with Crippen LogP contribution >= 0.6 is 0 Å². The van der Waals surface area contributed by atoms with Gasteiger partial charge in [-0.15, -0.1) is 0 Å². The number of carbonyl (C=O) groups excluding carboxylic acids is 12. The lowest BCUT2D eigenvalue weighted by molar-refractivity contribution is -0.333. The SMILES string of the molecule is CC(=O)NC1C(OC2C(CO)OC(O)C(NC(C)=O)C2OC(C)C(=O)NC(C)C(=O)NC(CCC(=O)NC(CCCCNC(=O)CNC(=O)CNC(=O)CN)C(=O)NC(C)C(=O)NCC(=O)NCC(=O)O)C(N)=O)OC(CO)C(O)C1O. The summed E-state index contributed by atoms with van der Waals surface area (Å²) in [6, 6.07) is -8.85. The highest BCUT2D eigenvalue weighted by Gasteiger charge is 2.53. The zero-order chi connectivity index (χ0) is 62.0. The van der Waals surface area contributed by atoms with Crippen LogP contribution in [-0.2, 0) is 81.3 Å². The Hall–Kier alpha value is -7.29. The van der Waals surface area contributed by atoms with Crippen LogP contribution in [0, 0.1) is 0 Å². The number of primary amides is 1. The first kappa shape index (κ1) is 70.8. The maximum absolute atomic E-state index is 13.6. The van der Waals surface area contributed by atoms with Gasteiger partial charge in [0.1, 0.15) is 85.5 Å². The standard InChI is InChI=1S/C46H77N13O23/c1-19(41(74)53-15-32(68)52-16-33(69)70)55-44(77)25(8-6-7-11-49-30(66)13-51-31(67)14-50-29(65)12-47)58-28(64)10-9-24(40(48)73)59-42(75)20(2)54-43(76)21(3)79-39-35(57-23(5)63)45(78)80-27(18-61)38(39)82-46-34(56-22(4)62)37(72)36(71)26(17-60)81-46/h19-21,24-27,34-39,45-46,60-61,71-72,78H,6-18,47H2,1-5H3,(H2,48,73)(H,49,66)(H,50,65)(H,51,67)(H,52,68)(H,53,74)(H,54,76)(H,55,77)(H,56,62)(H,57,63)(H,58,64)(H,59,75)(H,69,70). The average molecular weight is 1180 g/mol. The lowest BCUT2D eigenvalue weighted by Crippen LogP contribution is -2.70. The van der Waals surface area contributed by atoms with E-state index in [-0.39, 0.29) is 32.4 Å². The number of nitrogens with two attached hydrogens (primary N) is 2. The Labute approximate surface area is 468 Å². The van der Waals surface area contributed by atoms with E-state index in [2.05, 4.69) is 53.2 Å². The lowest BCUT2D eigenvalue weighted by Gasteiger charge is -2.48. The van der Waals surface area contributed by atoms with Crippen LogP contribution in [0.2, 0.25) is 0 Å². The third-order valence-corrected chi connectivity index (χ3v) is 12.1. The minimum atomic E-state index is -1.92. The van der Waals surface area contributed by atoms with Crippen LogP contribution in [0.15, 0.2) is 0 Å². The zero-order valence-electron chi connectivity index (χ0n) is 45.6. The Morgan fingerprint density at radius 3 is 1.68 bits per heavy atom. The Kier molecular flexibility index (Phi) is 30.7. The Balaban J connectivity index is 2.18. The number of unbranched alkanes of at least 4 members (excludes halogenated alkanes) is 1. The molecule has 0 aromatic heterocycles. The van der Waals surface area contributed by atoms with E-state index in [1.807, 2.05) is 5.32 Å². The molecular weight excluding hydrogens is 1100 g/mol. The molecule has 2 rings (SSSR count). The van der Waals surface area contributed by atoms with Crippen LogP contribution in [0.3, 0.4) is 0 Å². The number of amides is 12. The summed E-state index contributed by atoms with van der Waals surface area (Å²) in [5, 5.41) is 86.8. The Bertz CT molecular complexity index is 2250. The van der Waals surface area contributed by atoms with Gasteiger partial charge in [0.2, 0.25) is 70.9 Å². The molecule has 36 heteroatoms. The van der Waals surface area contributed by atoms with Crippen LogP contribution < -0.4 is 70.0 Å². The van der Waals surface area contributed by atoms with Crippen LogP contribution in [-0.4, -0.2) is 252 Å². The van der Waals surface area contributed by atoms with Crippen molar-refractivity contribution < 1.29 is 112 Å². The number of carbonyl (C=O) groups is 13. The number of hydrogen-bond acceptors (Lipinski definition) is 23. The van der Waals surface area contributed by atoms with E-state index in [9.17, 15) is 87.9 Å². The van der Waals surface area contributed by atoms with Gasteiger partial charge >= 0.3 is 5.97 Å². The van der Waals surface area contributed by atoms with Crippen molar-refractivity contribution in [2.45, 2.75) is 158 Å². The van der Waals surface area contributed by atoms with Gasteiger partial charge in [-0.25, -0.2) is 0 Å². The number of carboxylic acids is 1. The first-order chi connectivity index (χ1) is 38.5. The molecule has 0 radical (unpaired) electrons. The van der Waals surface area contributed by atoms with Gasteiger partial charge in [-0.05, 0) is 46.5 Å². The van der Waals surface area contributed by atoms with E-state index < -0.39 is 221 Å². The number of ether oxygens (including phenoxy) is 4. The Morgan fingerprint density at radius 1 is 0.561 bits per heavy atom. The van der Waals surface area contributed by atoms with E-state index in [1.54, 1.807) is 0 Å². The zero-order valence-corrected chi connectivity index (χ0v) is 45.6. The lowest BCUT2D eigenvalue weighted by atomic mass is 9.94. The Morgan fingerprint density at radius 2 is 1.11 bits per heavy atom. The van der Waals surface area contributed by atoms with E-state index in [4.69, 9.17) is 35.5 Å². The van der Waals surface area contributed by atoms with Crippen LogP contribution in [0.4, 0.5) is 0 Å². The third-order valence-electron chi connectivity index (χ3n) is 12.1. The number of aliphatic carboxylic acids is 1. The highest BCUT2D eigenvalue weighted by molar-refractivity contribution is 5.95. The predicted octanol–water partition coefficient (Wildman–Crippen LogP) is -11.7. The molecule has 0 spiro atoms. The monoisotopic (exact) mass is 1180 g/mol. The quantitative estimate of drug-likeness (QED) is 0.0266. The second-order valence-electron chi connectivity index (χ2n) is 18.8. The highest BCUT2D eigenvalue weighted by Crippen LogP contribution is 2.31. The molecule has 0 bridgehead atoms. The molecular formula is C46H77N13O23. The first-order valence-electron chi connectivity index (χ1n) is 25.7. The summed E-state index contributed by atoms with van der Waals surface area (Å²) in [4.78, 5) is 162. The van der Waals surface area contributed by atoms with Crippen molar-refractivity contribution >= 4 is 76.9 Å². The molecule has 2 heterocycles. The summed E-state index contributed by atoms with van der Waals surface area (Å²) in [6.45, 7) is 1.45. The normalized spacial score (nSPS) is 23.9. The smallest absolute Gasteiger partial charge is 0.322 e. The fourth-order valence-corrected chi connectivity index (χ4v) is 7.80. The maximum atomic E-state index is 13.6. The number of hydrogen-bond donors (Lipinski definition) is 19. The molecule has 464 valence electrons. The van der Waals surface area contributed by atoms with Gasteiger partial charge in [0, 0.05) is 26.8 Å². The molecule has 0 aromatic rings. The third kappa shape index (κ3) is 24.4. The van der Waals surface area contributed by atoms with Gasteiger partial charge in [0.15, 0.2) is 12.6 Å². The average Bonchev–Trinajstić information content (AvgIpc) is 3.59. The van der Waals surface area contributed by atoms with Crippen molar-refractivity contribution in [3.8, 4) is 0 Å². The van der Waals surface area contributed by atoms with Crippen molar-refractivity contribution in [2.24, 2.45) is 11.5 Å². The molecule has 2 saturated heterocycles. The molecule has 0 saturated carbocycles. The van der Waals surface area contributed by atoms with E-state index in [1.165, 1.54) is 20.8 Å². The predicted molar refractivity (Wildman–Crippen MR) is 273 cm³/mol. The summed E-state index contributed by atoms with van der Waals surface area (Å²) < 4.78 is 23.2. The molecule has 2 fully saturated rings. The van der Waals surface area contributed by atoms with Gasteiger partial charge in [0.25, 0.3) is 0 Å². The van der Waals surface area contributed by atoms with Crippen LogP contribution in [0.5, 0.6) is 0 Å². The number of aliphatic hydroxyl groups excluding tert-OH is 5. The molecule has 15 unspecified atom stereocenters. The number of rotatable bonds is 34. The van der Waals surface area contributed by atoms with E-state index >= 15 is 0 Å². The van der Waals surface area contributed by atoms with Crippen LogP contribution in [0.25, 0.3) is 0 Å². The fraction of sp³-hybridized carbons (Fsp3) is 0.717. The minimum absolute atomic E-state index is 0.0271. The first-order valence-corrected chi connectivity index (χ1v) is 25.7. The number of aliphatic hydroxyl groups is 5. The second-order valence-corrected chi connectivity index (χ2v) is 18.8. The van der Waals surface area contributed by atoms with E-state index in [0.717, 1.165) is 13.8 Å². The van der Waals surface area contributed by atoms with Crippen molar-refractivity contribution in [2.75, 3.05) is 52.5 Å². The molecule has 21 N–H and O–H groups in total. The minimum Gasteiger partial charge on any atom is -0.480 e. The summed E-state index contributed by atoms with van der Waals surface area (Å²) >= 11 is 0. The molecule has 82 heavy (non-hydrogen) atoms. The van der Waals surface area contributed by atoms with Gasteiger partial charge in [-0.2, -0.15) is 0 Å². The highest BCUT2D eigenvalue weighted by atomic mass is 16.7. The molecule has 15 atom stereocenters. The molecule has 12 amide bonds. The van der Waals surface area contributed by atoms with Gasteiger partial charge in [0.05, 0.1) is 39.4 Å². The largest absolute Gasteiger partial charge is 0.480 e. The van der Waals surface area contributed by atoms with Crippen molar-refractivity contribution in [1.29, 1.82) is 0 Å². The molecule has 0 aromatic carbocycles. The van der Waals surface area contributed by atoms with Crippen LogP contribution in [0.1, 0.15) is 66.7 Å². The summed E-state index contributed by atoms with van der Waals surface area (Å²) in [5.74, 6) is -11.3. The topological polar surface area (TPSA) is 565 Å². The van der Waals surface area contributed by atoms with Gasteiger partial charge in [-0.1, -0.05) is 0 Å². The molecule has 2 aliphatic rings. The molecule has 0 aliphatic carbocycles. The van der Waals surface area contributed by atoms with E-state index in [0.29, 0.717) is 0 Å². The fourth-order valence-electron chi connectivity index (χ4n) is 7.80. The van der Waals surface area contributed by atoms with Crippen molar-refractivity contribution in [3.05, 3.63) is 0 Å². The summed E-state index contributed by atoms with van der Waals surface area (Å²) in [6.07, 6.45) is -15.9. The van der Waals surface area contributed by atoms with Gasteiger partial charge < -0.3 is 120 Å². The maximum Gasteiger partial charge on any atom is 0.322 e. The number of nitrogens with one attached hydrogen (secondary N) is 11. The van der Waals surface area contributed by atoms with Crippen molar-refractivity contribution in [3.63, 3.8) is 0 Å². The molecule has 2 aliphatic heterocycles. The molecule has 36 nitrogen and oxygen atoms in total. The van der Waals surface area contributed by atoms with Gasteiger partial charge in [-0.3, -0.25) is 62.3 Å².